The standard InChI is InChI=1S/C22H21N3O4S/c26-22-18-3-1-2-17-19(8-9-20(24-22)21(17)18)23-14-15-4-6-16(7-5-15)30(27,28)25-10-12-29-13-11-25/h1-9,23H,10-14H2,(H,24,26). The minimum atomic E-state index is -3.49. The summed E-state index contributed by atoms with van der Waals surface area (Å²) < 4.78 is 32.2. The molecule has 7 nitrogen and oxygen atoms in total. The van der Waals surface area contributed by atoms with E-state index in [1.807, 2.05) is 42.5 Å². The first kappa shape index (κ1) is 19.0. The Morgan fingerprint density at radius 1 is 1.00 bits per heavy atom. The van der Waals surface area contributed by atoms with Crippen LogP contribution in [0.4, 0.5) is 11.4 Å². The third-order valence-electron chi connectivity index (χ3n) is 5.55. The van der Waals surface area contributed by atoms with Crippen molar-refractivity contribution in [3.63, 3.8) is 0 Å². The number of amides is 1. The maximum absolute atomic E-state index is 12.7. The van der Waals surface area contributed by atoms with Crippen LogP contribution in [0, 0.1) is 0 Å². The Morgan fingerprint density at radius 3 is 2.53 bits per heavy atom. The zero-order chi connectivity index (χ0) is 20.7. The number of carbonyl (C=O) groups is 1. The molecule has 1 fully saturated rings. The topological polar surface area (TPSA) is 87.7 Å². The van der Waals surface area contributed by atoms with Gasteiger partial charge in [-0.05, 0) is 35.9 Å². The number of carbonyl (C=O) groups excluding carboxylic acids is 1. The normalized spacial score (nSPS) is 16.6. The monoisotopic (exact) mass is 423 g/mol. The number of morpholine rings is 1. The number of rotatable bonds is 5. The van der Waals surface area contributed by atoms with E-state index in [0.29, 0.717) is 43.3 Å². The molecular weight excluding hydrogens is 402 g/mol. The number of nitrogens with one attached hydrogen (secondary N) is 2. The van der Waals surface area contributed by atoms with Crippen molar-refractivity contribution in [2.45, 2.75) is 11.4 Å². The molecule has 0 aliphatic carbocycles. The largest absolute Gasteiger partial charge is 0.380 e. The van der Waals surface area contributed by atoms with E-state index in [2.05, 4.69) is 10.6 Å². The van der Waals surface area contributed by atoms with Crippen LogP contribution in [0.1, 0.15) is 15.9 Å². The lowest BCUT2D eigenvalue weighted by Gasteiger charge is -2.26. The van der Waals surface area contributed by atoms with Crippen LogP contribution in [0.5, 0.6) is 0 Å². The van der Waals surface area contributed by atoms with Gasteiger partial charge in [0.25, 0.3) is 5.91 Å². The van der Waals surface area contributed by atoms with Crippen LogP contribution in [-0.4, -0.2) is 44.9 Å². The van der Waals surface area contributed by atoms with Gasteiger partial charge in [-0.25, -0.2) is 8.42 Å². The molecule has 0 atom stereocenters. The molecule has 2 heterocycles. The van der Waals surface area contributed by atoms with Gasteiger partial charge in [0, 0.05) is 47.3 Å². The molecule has 1 saturated heterocycles. The molecule has 3 aromatic rings. The smallest absolute Gasteiger partial charge is 0.256 e. The first-order chi connectivity index (χ1) is 14.5. The second kappa shape index (κ2) is 7.39. The second-order valence-electron chi connectivity index (χ2n) is 7.36. The van der Waals surface area contributed by atoms with Crippen molar-refractivity contribution in [1.82, 2.24) is 4.31 Å². The molecule has 0 spiro atoms. The number of benzene rings is 3. The van der Waals surface area contributed by atoms with E-state index in [1.165, 1.54) is 4.31 Å². The fraction of sp³-hybridized carbons (Fsp3) is 0.227. The van der Waals surface area contributed by atoms with Crippen LogP contribution < -0.4 is 10.6 Å². The quantitative estimate of drug-likeness (QED) is 0.659. The zero-order valence-corrected chi connectivity index (χ0v) is 17.0. The summed E-state index contributed by atoms with van der Waals surface area (Å²) in [5, 5.41) is 8.20. The summed E-state index contributed by atoms with van der Waals surface area (Å²) in [6.07, 6.45) is 0. The minimum Gasteiger partial charge on any atom is -0.380 e. The SMILES string of the molecule is O=C1Nc2ccc(NCc3ccc(S(=O)(=O)N4CCOCC4)cc3)c3cccc1c23. The number of sulfonamides is 1. The van der Waals surface area contributed by atoms with Gasteiger partial charge >= 0.3 is 0 Å². The minimum absolute atomic E-state index is 0.0789. The molecule has 3 aromatic carbocycles. The van der Waals surface area contributed by atoms with Gasteiger partial charge < -0.3 is 15.4 Å². The van der Waals surface area contributed by atoms with Gasteiger partial charge in [-0.1, -0.05) is 24.3 Å². The third-order valence-corrected chi connectivity index (χ3v) is 7.46. The number of hydrogen-bond acceptors (Lipinski definition) is 5. The first-order valence-electron chi connectivity index (χ1n) is 9.82. The average molecular weight is 423 g/mol. The molecular formula is C22H21N3O4S. The van der Waals surface area contributed by atoms with E-state index in [-0.39, 0.29) is 5.91 Å². The lowest BCUT2D eigenvalue weighted by atomic mass is 10.0. The Morgan fingerprint density at radius 2 is 1.77 bits per heavy atom. The van der Waals surface area contributed by atoms with Crippen LogP contribution in [0.3, 0.4) is 0 Å². The molecule has 5 rings (SSSR count). The van der Waals surface area contributed by atoms with Crippen LogP contribution in [0.25, 0.3) is 10.8 Å². The molecule has 2 N–H and O–H groups in total. The highest BCUT2D eigenvalue weighted by Gasteiger charge is 2.26. The summed E-state index contributed by atoms with van der Waals surface area (Å²) in [6, 6.07) is 16.5. The average Bonchev–Trinajstić information content (AvgIpc) is 3.11. The van der Waals surface area contributed by atoms with Gasteiger partial charge in [0.1, 0.15) is 0 Å². The van der Waals surface area contributed by atoms with Crippen LogP contribution >= 0.6 is 0 Å². The first-order valence-corrected chi connectivity index (χ1v) is 11.3. The van der Waals surface area contributed by atoms with Gasteiger partial charge in [0.15, 0.2) is 0 Å². The lowest BCUT2D eigenvalue weighted by Crippen LogP contribution is -2.40. The summed E-state index contributed by atoms with van der Waals surface area (Å²) in [5.74, 6) is -0.0789. The van der Waals surface area contributed by atoms with Crippen molar-refractivity contribution in [3.8, 4) is 0 Å². The van der Waals surface area contributed by atoms with Crippen molar-refractivity contribution < 1.29 is 17.9 Å². The van der Waals surface area contributed by atoms with Gasteiger partial charge in [-0.2, -0.15) is 4.31 Å². The van der Waals surface area contributed by atoms with Crippen molar-refractivity contribution in [2.75, 3.05) is 36.9 Å². The Hall–Kier alpha value is -2.94. The number of hydrogen-bond donors (Lipinski definition) is 2. The Kier molecular flexibility index (Phi) is 4.69. The molecule has 0 radical (unpaired) electrons. The summed E-state index contributed by atoms with van der Waals surface area (Å²) in [4.78, 5) is 12.4. The van der Waals surface area contributed by atoms with E-state index in [9.17, 15) is 13.2 Å². The summed E-state index contributed by atoms with van der Waals surface area (Å²) >= 11 is 0. The number of nitrogens with zero attached hydrogens (tertiary/aromatic N) is 1. The highest BCUT2D eigenvalue weighted by molar-refractivity contribution is 7.89. The number of anilines is 2. The molecule has 0 saturated carbocycles. The van der Waals surface area contributed by atoms with E-state index in [0.717, 1.165) is 27.7 Å². The van der Waals surface area contributed by atoms with Crippen molar-refractivity contribution in [2.24, 2.45) is 0 Å². The highest BCUT2D eigenvalue weighted by atomic mass is 32.2. The van der Waals surface area contributed by atoms with Gasteiger partial charge in [0.05, 0.1) is 18.1 Å². The summed E-state index contributed by atoms with van der Waals surface area (Å²) in [5.41, 5.74) is 3.41. The van der Waals surface area contributed by atoms with Gasteiger partial charge in [0.2, 0.25) is 10.0 Å². The molecule has 2 aliphatic rings. The van der Waals surface area contributed by atoms with Crippen LogP contribution in [0.2, 0.25) is 0 Å². The molecule has 1 amide bonds. The van der Waals surface area contributed by atoms with Crippen LogP contribution in [-0.2, 0) is 21.3 Å². The second-order valence-corrected chi connectivity index (χ2v) is 9.29. The van der Waals surface area contributed by atoms with E-state index >= 15 is 0 Å². The highest BCUT2D eigenvalue weighted by Crippen LogP contribution is 2.37. The van der Waals surface area contributed by atoms with E-state index < -0.39 is 10.0 Å². The zero-order valence-electron chi connectivity index (χ0n) is 16.2. The molecule has 154 valence electrons. The van der Waals surface area contributed by atoms with E-state index in [1.54, 1.807) is 12.1 Å². The Labute approximate surface area is 174 Å². The molecule has 0 bridgehead atoms. The van der Waals surface area contributed by atoms with Crippen molar-refractivity contribution in [3.05, 3.63) is 65.7 Å². The fourth-order valence-electron chi connectivity index (χ4n) is 3.96. The van der Waals surface area contributed by atoms with Gasteiger partial charge in [-0.3, -0.25) is 4.79 Å². The third kappa shape index (κ3) is 3.23. The Bertz CT molecular complexity index is 1230. The van der Waals surface area contributed by atoms with Crippen molar-refractivity contribution in [1.29, 1.82) is 0 Å². The maximum Gasteiger partial charge on any atom is 0.256 e. The molecule has 0 aromatic heterocycles. The maximum atomic E-state index is 12.7. The van der Waals surface area contributed by atoms with E-state index in [4.69, 9.17) is 4.74 Å². The molecule has 30 heavy (non-hydrogen) atoms. The summed E-state index contributed by atoms with van der Waals surface area (Å²) in [7, 11) is -3.49. The molecule has 8 heteroatoms. The predicted molar refractivity (Wildman–Crippen MR) is 115 cm³/mol. The van der Waals surface area contributed by atoms with Gasteiger partial charge in [-0.15, -0.1) is 0 Å². The summed E-state index contributed by atoms with van der Waals surface area (Å²) in [6.45, 7) is 2.16. The fourth-order valence-corrected chi connectivity index (χ4v) is 5.36. The molecule has 0 unspecified atom stereocenters. The molecule has 2 aliphatic heterocycles. The lowest BCUT2D eigenvalue weighted by molar-refractivity contribution is 0.0730. The predicted octanol–water partition coefficient (Wildman–Crippen LogP) is 3.04. The number of ether oxygens (including phenoxy) is 1. The van der Waals surface area contributed by atoms with Crippen molar-refractivity contribution >= 4 is 38.1 Å². The van der Waals surface area contributed by atoms with Crippen LogP contribution in [0.15, 0.2) is 59.5 Å². The Balaban J connectivity index is 1.34.